The first kappa shape index (κ1) is 61.1. The van der Waals surface area contributed by atoms with Crippen molar-refractivity contribution >= 4 is 41.1 Å². The van der Waals surface area contributed by atoms with E-state index in [2.05, 4.69) is 140 Å². The Morgan fingerprint density at radius 1 is 0.548 bits per heavy atom. The zero-order valence-corrected chi connectivity index (χ0v) is 49.0. The summed E-state index contributed by atoms with van der Waals surface area (Å²) in [5.41, 5.74) is 7.02. The van der Waals surface area contributed by atoms with Crippen molar-refractivity contribution in [2.75, 3.05) is 51.5 Å². The highest BCUT2D eigenvalue weighted by atomic mass is 16.3. The molecule has 4 aromatic heterocycles. The zero-order valence-electron chi connectivity index (χ0n) is 49.0. The van der Waals surface area contributed by atoms with Crippen LogP contribution in [0.4, 0.5) is 35.3 Å². The Balaban J connectivity index is 0.000000165. The number of anilines is 6. The van der Waals surface area contributed by atoms with E-state index in [9.17, 15) is 35.9 Å². The van der Waals surface area contributed by atoms with Crippen LogP contribution in [0.25, 0.3) is 5.69 Å². The topological polar surface area (TPSA) is 304 Å². The van der Waals surface area contributed by atoms with Gasteiger partial charge in [-0.3, -0.25) is 4.79 Å². The summed E-state index contributed by atoms with van der Waals surface area (Å²) in [4.78, 5) is 37.6. The maximum absolute atomic E-state index is 11.5. The van der Waals surface area contributed by atoms with Crippen LogP contribution in [0, 0.1) is 57.2 Å². The Morgan fingerprint density at radius 3 is 1.29 bits per heavy atom. The van der Waals surface area contributed by atoms with Crippen molar-refractivity contribution in [2.45, 2.75) is 130 Å². The molecule has 0 saturated heterocycles. The first-order valence-corrected chi connectivity index (χ1v) is 28.4. The highest BCUT2D eigenvalue weighted by molar-refractivity contribution is 5.94. The van der Waals surface area contributed by atoms with Gasteiger partial charge in [0.15, 0.2) is 5.78 Å². The van der Waals surface area contributed by atoms with E-state index in [1.54, 1.807) is 13.0 Å². The van der Waals surface area contributed by atoms with E-state index < -0.39 is 0 Å². The van der Waals surface area contributed by atoms with Gasteiger partial charge >= 0.3 is 0 Å². The molecule has 0 radical (unpaired) electrons. The Hall–Kier alpha value is -9.00. The summed E-state index contributed by atoms with van der Waals surface area (Å²) in [5, 5.41) is 77.3. The highest BCUT2D eigenvalue weighted by Crippen LogP contribution is 2.44. The van der Waals surface area contributed by atoms with Crippen LogP contribution in [0.1, 0.15) is 117 Å². The molecule has 0 unspecified atom stereocenters. The normalized spacial score (nSPS) is 20.0. The summed E-state index contributed by atoms with van der Waals surface area (Å²) in [5.74, 6) is 2.96. The van der Waals surface area contributed by atoms with Crippen LogP contribution in [-0.4, -0.2) is 112 Å². The van der Waals surface area contributed by atoms with E-state index in [4.69, 9.17) is 0 Å². The van der Waals surface area contributed by atoms with Gasteiger partial charge in [0.1, 0.15) is 52.4 Å². The molecule has 84 heavy (non-hydrogen) atoms. The monoisotopic (exact) mass is 1130 g/mol. The van der Waals surface area contributed by atoms with Gasteiger partial charge in [-0.15, -0.1) is 0 Å². The maximum Gasteiger partial charge on any atom is 0.224 e. The minimum atomic E-state index is -0.360. The van der Waals surface area contributed by atoms with Crippen molar-refractivity contribution in [3.8, 4) is 23.9 Å². The first-order valence-electron chi connectivity index (χ1n) is 28.4. The Labute approximate surface area is 491 Å². The molecule has 0 bridgehead atoms. The largest absolute Gasteiger partial charge is 0.392 e. The minimum Gasteiger partial charge on any atom is -0.392 e. The number of nitrogens with one attached hydrogen (secondary N) is 6. The molecule has 3 aliphatic carbocycles. The lowest BCUT2D eigenvalue weighted by molar-refractivity contribution is -0.0512. The molecular weight excluding hydrogens is 1060 g/mol. The van der Waals surface area contributed by atoms with E-state index >= 15 is 0 Å². The number of nitrogens with zero attached hydrogens (tertiary/aromatic N) is 10. The number of aliphatic hydroxyl groups excluding tert-OH is 3. The predicted molar refractivity (Wildman–Crippen MR) is 326 cm³/mol. The summed E-state index contributed by atoms with van der Waals surface area (Å²) in [6.07, 6.45) is 11.9. The number of carbonyl (C=O) groups excluding carboxylic acids is 1. The Kier molecular flexibility index (Phi) is 19.6. The van der Waals surface area contributed by atoms with Crippen molar-refractivity contribution in [3.05, 3.63) is 160 Å². The second-order valence-corrected chi connectivity index (χ2v) is 23.5. The van der Waals surface area contributed by atoms with Gasteiger partial charge in [0.05, 0.1) is 36.9 Å². The van der Waals surface area contributed by atoms with E-state index in [-0.39, 0.29) is 58.5 Å². The highest BCUT2D eigenvalue weighted by Gasteiger charge is 2.49. The number of aryl methyl sites for hydroxylation is 1. The van der Waals surface area contributed by atoms with Crippen LogP contribution >= 0.6 is 0 Å². The summed E-state index contributed by atoms with van der Waals surface area (Å²) in [6.45, 7) is 17.6. The molecule has 20 nitrogen and oxygen atoms in total. The molecule has 10 rings (SSSR count). The van der Waals surface area contributed by atoms with Crippen LogP contribution in [0.3, 0.4) is 0 Å². The molecule has 20 heteroatoms. The summed E-state index contributed by atoms with van der Waals surface area (Å²) in [6, 6.07) is 35.0. The molecular formula is C64H76N16O4. The molecule has 0 aliphatic heterocycles. The molecule has 3 fully saturated rings. The van der Waals surface area contributed by atoms with Gasteiger partial charge in [-0.05, 0) is 99.4 Å². The van der Waals surface area contributed by atoms with Crippen molar-refractivity contribution < 1.29 is 20.1 Å². The van der Waals surface area contributed by atoms with Crippen LogP contribution < -0.4 is 31.9 Å². The number of nitriles is 3. The van der Waals surface area contributed by atoms with Crippen molar-refractivity contribution in [1.82, 2.24) is 34.5 Å². The number of rotatable bonds is 20. The lowest BCUT2D eigenvalue weighted by atomic mass is 9.64. The molecule has 3 aliphatic rings. The SMILES string of the molecule is CC(=O)c1cccc(CCNc2ncc(C#N)c(N[C@@H]3C[C@H](O)C3(C)C)n2)c1.CC1(C)[C@@H](O)C[C@H]1Nc1nc(NCCc2ccc(-n3cccc3)cc2)ncc1C#N.Cc1cccc(CCNc2ncc(C#N)c(N[C@@H]3C[C@H](O)C3(C)C)n2)c1. The molecule has 436 valence electrons. The zero-order chi connectivity index (χ0) is 60.2. The summed E-state index contributed by atoms with van der Waals surface area (Å²) >= 11 is 0. The number of aliphatic hydroxyl groups is 3. The average Bonchev–Trinajstić information content (AvgIpc) is 3.03. The van der Waals surface area contributed by atoms with Gasteiger partial charge in [0.2, 0.25) is 17.8 Å². The third-order valence-electron chi connectivity index (χ3n) is 16.7. The maximum atomic E-state index is 11.5. The fraction of sp³-hybridized carbons (Fsp3) is 0.406. The number of aromatic nitrogens is 7. The van der Waals surface area contributed by atoms with Gasteiger partial charge in [-0.25, -0.2) is 15.0 Å². The van der Waals surface area contributed by atoms with Crippen LogP contribution in [-0.2, 0) is 19.3 Å². The van der Waals surface area contributed by atoms with Crippen LogP contribution in [0.2, 0.25) is 0 Å². The number of benzene rings is 3. The summed E-state index contributed by atoms with van der Waals surface area (Å²) in [7, 11) is 0. The van der Waals surface area contributed by atoms with Crippen molar-refractivity contribution in [1.29, 1.82) is 15.8 Å². The fourth-order valence-corrected chi connectivity index (χ4v) is 10.0. The molecule has 3 saturated carbocycles. The Morgan fingerprint density at radius 2 is 0.929 bits per heavy atom. The van der Waals surface area contributed by atoms with Crippen molar-refractivity contribution in [2.24, 2.45) is 16.2 Å². The van der Waals surface area contributed by atoms with Crippen molar-refractivity contribution in [3.63, 3.8) is 0 Å². The predicted octanol–water partition coefficient (Wildman–Crippen LogP) is 9.02. The quantitative estimate of drug-likeness (QED) is 0.0321. The molecule has 9 N–H and O–H groups in total. The number of ketones is 1. The number of Topliss-reactive ketones (excluding diaryl/α,β-unsaturated/α-hetero) is 1. The van der Waals surface area contributed by atoms with E-state index in [0.29, 0.717) is 96.4 Å². The standard InChI is InChI=1S/C23H26N6O.C21H25N5O2.C20H25N5O/c1-23(2)19(13-20(23)30)27-21-17(14-24)15-26-22(28-21)25-10-9-16-5-7-18(8-6-16)29-11-3-4-12-29;1-13(27)15-6-4-5-14(9-15)7-8-23-20-24-12-16(11-22)19(26-20)25-17-10-18(28)21(17,2)3;1-13-5-4-6-14(9-13)7-8-22-19-23-12-15(11-21)18(25-19)24-16-10-17(26)20(16,2)3/h3-8,11-12,15,19-20,30H,9-10,13H2,1-2H3,(H2,25,26,27,28);4-6,9,12,17-18,28H,7-8,10H2,1-3H3,(H2,23,24,25,26);4-6,9,12,16-17,26H,7-8,10H2,1-3H3,(H2,22,23,24,25)/t19-,20+;17-,18+;16-,17+/m111/s1. The second-order valence-electron chi connectivity index (χ2n) is 23.5. The van der Waals surface area contributed by atoms with Gasteiger partial charge in [-0.2, -0.15) is 30.7 Å². The first-order chi connectivity index (χ1) is 40.2. The van der Waals surface area contributed by atoms with E-state index in [1.165, 1.54) is 35.3 Å². The minimum absolute atomic E-state index is 0.0463. The van der Waals surface area contributed by atoms with E-state index in [0.717, 1.165) is 30.5 Å². The third-order valence-corrected chi connectivity index (χ3v) is 16.7. The van der Waals surface area contributed by atoms with E-state index in [1.807, 2.05) is 84.3 Å². The molecule has 7 aromatic rings. The number of hydrogen-bond donors (Lipinski definition) is 9. The lowest BCUT2D eigenvalue weighted by Crippen LogP contribution is -2.57. The number of carbonyl (C=O) groups is 1. The smallest absolute Gasteiger partial charge is 0.224 e. The molecule has 0 spiro atoms. The van der Waals surface area contributed by atoms with Gasteiger partial charge in [0, 0.05) is 77.6 Å². The Bertz CT molecular complexity index is 3510. The van der Waals surface area contributed by atoms with Gasteiger partial charge in [0.25, 0.3) is 0 Å². The molecule has 6 atom stereocenters. The van der Waals surface area contributed by atoms with Crippen LogP contribution in [0.15, 0.2) is 116 Å². The third kappa shape index (κ3) is 15.0. The second kappa shape index (κ2) is 26.9. The van der Waals surface area contributed by atoms with Crippen LogP contribution in [0.5, 0.6) is 0 Å². The lowest BCUT2D eigenvalue weighted by Gasteiger charge is -2.49. The molecule has 3 aromatic carbocycles. The fourth-order valence-electron chi connectivity index (χ4n) is 10.0. The van der Waals surface area contributed by atoms with Gasteiger partial charge < -0.3 is 51.8 Å². The average molecular weight is 1130 g/mol. The molecule has 4 heterocycles. The molecule has 0 amide bonds. The van der Waals surface area contributed by atoms with Gasteiger partial charge in [-0.1, -0.05) is 102 Å². The number of hydrogen-bond acceptors (Lipinski definition) is 19. The summed E-state index contributed by atoms with van der Waals surface area (Å²) < 4.78 is 2.07.